The number of rotatable bonds is 2. The summed E-state index contributed by atoms with van der Waals surface area (Å²) in [5.41, 5.74) is 0.472. The van der Waals surface area contributed by atoms with E-state index in [2.05, 4.69) is 16.3 Å². The maximum absolute atomic E-state index is 9.06. The fourth-order valence-corrected chi connectivity index (χ4v) is 2.50. The monoisotopic (exact) mass is 264 g/mol. The zero-order valence-corrected chi connectivity index (χ0v) is 10.9. The van der Waals surface area contributed by atoms with Crippen LogP contribution in [0.25, 0.3) is 0 Å². The number of halogens is 1. The number of nitrogens with zero attached hydrogens (tertiary/aromatic N) is 4. The van der Waals surface area contributed by atoms with Crippen LogP contribution in [0, 0.1) is 18.3 Å². The molecule has 0 N–H and O–H groups in total. The summed E-state index contributed by atoms with van der Waals surface area (Å²) in [7, 11) is 1.88. The van der Waals surface area contributed by atoms with Crippen molar-refractivity contribution in [1.29, 1.82) is 5.26 Å². The molecule has 0 radical (unpaired) electrons. The van der Waals surface area contributed by atoms with Crippen molar-refractivity contribution in [3.63, 3.8) is 0 Å². The van der Waals surface area contributed by atoms with E-state index in [1.165, 1.54) is 11.8 Å². The fraction of sp³-hybridized carbons (Fsp3) is 0.182. The minimum Gasteiger partial charge on any atom is -0.309 e. The summed E-state index contributed by atoms with van der Waals surface area (Å²) >= 11 is 7.34. The summed E-state index contributed by atoms with van der Waals surface area (Å²) in [4.78, 5) is 0.788. The Morgan fingerprint density at radius 2 is 2.18 bits per heavy atom. The summed E-state index contributed by atoms with van der Waals surface area (Å²) in [6.45, 7) is 1.88. The molecule has 0 aliphatic carbocycles. The van der Waals surface area contributed by atoms with Gasteiger partial charge in [0.2, 0.25) is 0 Å². The van der Waals surface area contributed by atoms with Crippen molar-refractivity contribution >= 4 is 23.4 Å². The second-order valence-corrected chi connectivity index (χ2v) is 4.83. The van der Waals surface area contributed by atoms with Crippen LogP contribution in [0.5, 0.6) is 0 Å². The van der Waals surface area contributed by atoms with Crippen molar-refractivity contribution in [2.45, 2.75) is 17.0 Å². The van der Waals surface area contributed by atoms with E-state index >= 15 is 0 Å². The van der Waals surface area contributed by atoms with Crippen LogP contribution >= 0.6 is 23.4 Å². The molecular weight excluding hydrogens is 256 g/mol. The van der Waals surface area contributed by atoms with E-state index in [9.17, 15) is 0 Å². The quantitative estimate of drug-likeness (QED) is 0.837. The number of hydrogen-bond donors (Lipinski definition) is 0. The van der Waals surface area contributed by atoms with Gasteiger partial charge in [0.15, 0.2) is 5.16 Å². The smallest absolute Gasteiger partial charge is 0.195 e. The number of hydrogen-bond acceptors (Lipinski definition) is 4. The molecule has 0 saturated heterocycles. The van der Waals surface area contributed by atoms with Gasteiger partial charge in [-0.15, -0.1) is 10.2 Å². The highest BCUT2D eigenvalue weighted by atomic mass is 35.5. The van der Waals surface area contributed by atoms with Crippen molar-refractivity contribution in [3.8, 4) is 6.07 Å². The molecule has 0 amide bonds. The van der Waals surface area contributed by atoms with Gasteiger partial charge < -0.3 is 4.57 Å². The van der Waals surface area contributed by atoms with Crippen molar-refractivity contribution in [2.24, 2.45) is 7.05 Å². The average molecular weight is 265 g/mol. The van der Waals surface area contributed by atoms with E-state index in [1.807, 2.05) is 30.7 Å². The minimum atomic E-state index is 0.455. The van der Waals surface area contributed by atoms with Gasteiger partial charge in [-0.25, -0.2) is 0 Å². The first kappa shape index (κ1) is 12.0. The molecule has 4 nitrogen and oxygen atoms in total. The number of aryl methyl sites for hydroxylation is 1. The third-order valence-corrected chi connectivity index (χ3v) is 3.75. The van der Waals surface area contributed by atoms with Gasteiger partial charge >= 0.3 is 0 Å². The average Bonchev–Trinajstić information content (AvgIpc) is 2.61. The van der Waals surface area contributed by atoms with Crippen LogP contribution in [0.4, 0.5) is 0 Å². The Bertz CT molecular complexity index is 600. The summed E-state index contributed by atoms with van der Waals surface area (Å²) in [5.74, 6) is 0.827. The Kier molecular flexibility index (Phi) is 3.36. The van der Waals surface area contributed by atoms with Crippen LogP contribution in [0.2, 0.25) is 5.02 Å². The molecule has 0 atom stereocenters. The van der Waals surface area contributed by atoms with Crippen LogP contribution in [-0.4, -0.2) is 14.8 Å². The van der Waals surface area contributed by atoms with Gasteiger partial charge in [-0.2, -0.15) is 5.26 Å². The molecule has 1 aromatic heterocycles. The van der Waals surface area contributed by atoms with Crippen LogP contribution in [0.15, 0.2) is 28.3 Å². The lowest BCUT2D eigenvalue weighted by atomic mass is 10.2. The van der Waals surface area contributed by atoms with E-state index in [-0.39, 0.29) is 0 Å². The largest absolute Gasteiger partial charge is 0.309 e. The number of aromatic nitrogens is 3. The predicted molar refractivity (Wildman–Crippen MR) is 66.0 cm³/mol. The molecule has 0 unspecified atom stereocenters. The second-order valence-electron chi connectivity index (χ2n) is 3.42. The second kappa shape index (κ2) is 4.78. The van der Waals surface area contributed by atoms with Gasteiger partial charge in [0.05, 0.1) is 10.6 Å². The molecule has 2 aromatic rings. The zero-order chi connectivity index (χ0) is 12.4. The maximum atomic E-state index is 9.06. The third-order valence-electron chi connectivity index (χ3n) is 2.34. The maximum Gasteiger partial charge on any atom is 0.195 e. The Hall–Kier alpha value is -1.51. The van der Waals surface area contributed by atoms with Crippen molar-refractivity contribution in [2.75, 3.05) is 0 Å². The molecule has 1 heterocycles. The van der Waals surface area contributed by atoms with Gasteiger partial charge in [0, 0.05) is 11.9 Å². The normalized spacial score (nSPS) is 10.2. The van der Waals surface area contributed by atoms with Crippen molar-refractivity contribution in [3.05, 3.63) is 34.6 Å². The molecule has 17 heavy (non-hydrogen) atoms. The summed E-state index contributed by atoms with van der Waals surface area (Å²) in [5, 5.41) is 18.3. The Morgan fingerprint density at radius 3 is 2.76 bits per heavy atom. The summed E-state index contributed by atoms with van der Waals surface area (Å²) < 4.78 is 1.87. The van der Waals surface area contributed by atoms with E-state index in [1.54, 1.807) is 6.07 Å². The predicted octanol–water partition coefficient (Wildman–Crippen LogP) is 2.80. The minimum absolute atomic E-state index is 0.455. The van der Waals surface area contributed by atoms with Gasteiger partial charge in [0.1, 0.15) is 11.9 Å². The first-order valence-electron chi connectivity index (χ1n) is 4.86. The lowest BCUT2D eigenvalue weighted by Crippen LogP contribution is -1.94. The molecule has 2 rings (SSSR count). The van der Waals surface area contributed by atoms with E-state index in [0.29, 0.717) is 10.6 Å². The van der Waals surface area contributed by atoms with E-state index < -0.39 is 0 Å². The Labute approximate surface area is 108 Å². The van der Waals surface area contributed by atoms with Gasteiger partial charge in [-0.05, 0) is 30.8 Å². The fourth-order valence-electron chi connectivity index (χ4n) is 1.27. The van der Waals surface area contributed by atoms with Crippen LogP contribution in [0.3, 0.4) is 0 Å². The first-order valence-corrected chi connectivity index (χ1v) is 6.05. The van der Waals surface area contributed by atoms with E-state index in [0.717, 1.165) is 15.9 Å². The molecule has 1 aromatic carbocycles. The lowest BCUT2D eigenvalue weighted by Gasteiger charge is -2.04. The van der Waals surface area contributed by atoms with Gasteiger partial charge in [-0.3, -0.25) is 0 Å². The third kappa shape index (κ3) is 2.28. The molecule has 0 spiro atoms. The highest BCUT2D eigenvalue weighted by Gasteiger charge is 2.12. The van der Waals surface area contributed by atoms with Crippen LogP contribution < -0.4 is 0 Å². The Morgan fingerprint density at radius 1 is 1.41 bits per heavy atom. The number of benzene rings is 1. The topological polar surface area (TPSA) is 54.5 Å². The molecule has 0 aliphatic rings. The van der Waals surface area contributed by atoms with Gasteiger partial charge in [-0.1, -0.05) is 17.7 Å². The molecule has 86 valence electrons. The van der Waals surface area contributed by atoms with Gasteiger partial charge in [0.25, 0.3) is 0 Å². The number of nitriles is 1. The lowest BCUT2D eigenvalue weighted by molar-refractivity contribution is 0.765. The molecule has 0 saturated carbocycles. The standard InChI is InChI=1S/C11H9ClN4S/c1-7-14-15-11(16(7)2)17-10-5-3-4-9(12)8(10)6-13/h3-5H,1-2H3. The van der Waals surface area contributed by atoms with Crippen LogP contribution in [0.1, 0.15) is 11.4 Å². The molecule has 0 bridgehead atoms. The zero-order valence-electron chi connectivity index (χ0n) is 9.31. The van der Waals surface area contributed by atoms with E-state index in [4.69, 9.17) is 16.9 Å². The molecule has 0 fully saturated rings. The SMILES string of the molecule is Cc1nnc(Sc2cccc(Cl)c2C#N)n1C. The van der Waals surface area contributed by atoms with Crippen molar-refractivity contribution < 1.29 is 0 Å². The highest BCUT2D eigenvalue weighted by Crippen LogP contribution is 2.32. The van der Waals surface area contributed by atoms with Crippen molar-refractivity contribution in [1.82, 2.24) is 14.8 Å². The Balaban J connectivity index is 2.41. The highest BCUT2D eigenvalue weighted by molar-refractivity contribution is 7.99. The summed E-state index contributed by atoms with van der Waals surface area (Å²) in [6.07, 6.45) is 0. The molecule has 6 heteroatoms. The first-order chi connectivity index (χ1) is 8.13. The molecular formula is C11H9ClN4S. The van der Waals surface area contributed by atoms with Crippen LogP contribution in [-0.2, 0) is 7.05 Å². The summed E-state index contributed by atoms with van der Waals surface area (Å²) in [6, 6.07) is 7.46. The molecule has 0 aliphatic heterocycles.